The number of aryl methyl sites for hydroxylation is 1. The topological polar surface area (TPSA) is 67.4 Å². The minimum absolute atomic E-state index is 0.0660. The lowest BCUT2D eigenvalue weighted by molar-refractivity contribution is 0.0684. The number of hydrogen-bond donors (Lipinski definition) is 1. The molecule has 2 aromatic rings. The van der Waals surface area contributed by atoms with E-state index in [2.05, 4.69) is 15.3 Å². The Balaban J connectivity index is 1.74. The molecule has 1 aliphatic rings. The number of rotatable bonds is 7. The summed E-state index contributed by atoms with van der Waals surface area (Å²) in [6.45, 7) is 7.95. The molecule has 0 radical (unpaired) electrons. The van der Waals surface area contributed by atoms with Crippen LogP contribution in [0.25, 0.3) is 0 Å². The van der Waals surface area contributed by atoms with Gasteiger partial charge in [-0.3, -0.25) is 4.79 Å². The molecule has 1 aromatic heterocycles. The van der Waals surface area contributed by atoms with E-state index < -0.39 is 0 Å². The SMILES string of the molecule is Cc1cc(C(=O)N(Cc2ccccc2)C(C)C)nc(NCC2CCCO2)n1. The van der Waals surface area contributed by atoms with Crippen molar-refractivity contribution < 1.29 is 9.53 Å². The van der Waals surface area contributed by atoms with Crippen molar-refractivity contribution in [3.05, 3.63) is 53.3 Å². The molecule has 1 saturated heterocycles. The first-order valence-electron chi connectivity index (χ1n) is 9.59. The molecule has 0 aliphatic carbocycles. The minimum atomic E-state index is -0.0838. The highest BCUT2D eigenvalue weighted by atomic mass is 16.5. The van der Waals surface area contributed by atoms with Crippen LogP contribution in [0.3, 0.4) is 0 Å². The van der Waals surface area contributed by atoms with Crippen LogP contribution in [0.5, 0.6) is 0 Å². The van der Waals surface area contributed by atoms with E-state index in [1.54, 1.807) is 6.07 Å². The average Bonchev–Trinajstić information content (AvgIpc) is 3.18. The van der Waals surface area contributed by atoms with Crippen LogP contribution in [0, 0.1) is 6.92 Å². The third-order valence-corrected chi connectivity index (χ3v) is 4.67. The largest absolute Gasteiger partial charge is 0.376 e. The number of anilines is 1. The Labute approximate surface area is 161 Å². The molecule has 1 aromatic carbocycles. The molecule has 0 bridgehead atoms. The first kappa shape index (κ1) is 19.3. The maximum atomic E-state index is 13.1. The molecule has 6 heteroatoms. The molecule has 3 rings (SSSR count). The number of carbonyl (C=O) groups is 1. The molecule has 2 heterocycles. The lowest BCUT2D eigenvalue weighted by atomic mass is 10.1. The molecule has 1 fully saturated rings. The second-order valence-corrected chi connectivity index (χ2v) is 7.25. The third-order valence-electron chi connectivity index (χ3n) is 4.67. The standard InChI is InChI=1S/C21H28N4O2/c1-15(2)25(14-17-8-5-4-6-9-17)20(26)19-12-16(3)23-21(24-19)22-13-18-10-7-11-27-18/h4-6,8-9,12,15,18H,7,10-11,13-14H2,1-3H3,(H,22,23,24). The van der Waals surface area contributed by atoms with Crippen molar-refractivity contribution in [2.24, 2.45) is 0 Å². The molecular formula is C21H28N4O2. The summed E-state index contributed by atoms with van der Waals surface area (Å²) >= 11 is 0. The van der Waals surface area contributed by atoms with Gasteiger partial charge in [0.25, 0.3) is 5.91 Å². The smallest absolute Gasteiger partial charge is 0.273 e. The van der Waals surface area contributed by atoms with Crippen molar-refractivity contribution in [2.45, 2.75) is 52.3 Å². The van der Waals surface area contributed by atoms with Gasteiger partial charge in [0.2, 0.25) is 5.95 Å². The van der Waals surface area contributed by atoms with E-state index in [0.29, 0.717) is 24.7 Å². The number of aromatic nitrogens is 2. The van der Waals surface area contributed by atoms with Gasteiger partial charge < -0.3 is 15.0 Å². The van der Waals surface area contributed by atoms with Gasteiger partial charge >= 0.3 is 0 Å². The first-order valence-corrected chi connectivity index (χ1v) is 9.59. The highest BCUT2D eigenvalue weighted by Crippen LogP contribution is 2.16. The third kappa shape index (κ3) is 5.26. The zero-order valence-electron chi connectivity index (χ0n) is 16.3. The Kier molecular flexibility index (Phi) is 6.40. The summed E-state index contributed by atoms with van der Waals surface area (Å²) in [4.78, 5) is 23.9. The average molecular weight is 368 g/mol. The fraction of sp³-hybridized carbons (Fsp3) is 0.476. The Hall–Kier alpha value is -2.47. The monoisotopic (exact) mass is 368 g/mol. The highest BCUT2D eigenvalue weighted by molar-refractivity contribution is 5.92. The second-order valence-electron chi connectivity index (χ2n) is 7.25. The number of benzene rings is 1. The number of hydrogen-bond acceptors (Lipinski definition) is 5. The number of nitrogens with one attached hydrogen (secondary N) is 1. The van der Waals surface area contributed by atoms with E-state index in [1.165, 1.54) is 0 Å². The molecule has 1 aliphatic heterocycles. The van der Waals surface area contributed by atoms with Gasteiger partial charge in [-0.05, 0) is 45.2 Å². The van der Waals surface area contributed by atoms with E-state index in [4.69, 9.17) is 4.74 Å². The normalized spacial score (nSPS) is 16.5. The maximum absolute atomic E-state index is 13.1. The molecule has 1 unspecified atom stereocenters. The number of amides is 1. The van der Waals surface area contributed by atoms with Crippen molar-refractivity contribution in [1.82, 2.24) is 14.9 Å². The molecule has 1 atom stereocenters. The van der Waals surface area contributed by atoms with Crippen LogP contribution in [0.2, 0.25) is 0 Å². The van der Waals surface area contributed by atoms with E-state index >= 15 is 0 Å². The molecule has 0 spiro atoms. The Morgan fingerprint density at radius 1 is 1.30 bits per heavy atom. The van der Waals surface area contributed by atoms with E-state index in [0.717, 1.165) is 30.7 Å². The summed E-state index contributed by atoms with van der Waals surface area (Å²) < 4.78 is 5.63. The zero-order valence-corrected chi connectivity index (χ0v) is 16.3. The van der Waals surface area contributed by atoms with Crippen molar-refractivity contribution in [2.75, 3.05) is 18.5 Å². The first-order chi connectivity index (χ1) is 13.0. The number of nitrogens with zero attached hydrogens (tertiary/aromatic N) is 3. The van der Waals surface area contributed by atoms with Gasteiger partial charge in [-0.1, -0.05) is 30.3 Å². The summed E-state index contributed by atoms with van der Waals surface area (Å²) in [5, 5.41) is 3.22. The number of carbonyl (C=O) groups excluding carboxylic acids is 1. The van der Waals surface area contributed by atoms with E-state index in [1.807, 2.05) is 56.0 Å². The van der Waals surface area contributed by atoms with Gasteiger partial charge in [0, 0.05) is 31.4 Å². The van der Waals surface area contributed by atoms with Crippen molar-refractivity contribution in [3.63, 3.8) is 0 Å². The fourth-order valence-corrected chi connectivity index (χ4v) is 3.18. The predicted molar refractivity (Wildman–Crippen MR) is 106 cm³/mol. The van der Waals surface area contributed by atoms with Crippen molar-refractivity contribution in [1.29, 1.82) is 0 Å². The van der Waals surface area contributed by atoms with Gasteiger partial charge in [0.15, 0.2) is 0 Å². The molecule has 144 valence electrons. The van der Waals surface area contributed by atoms with Crippen LogP contribution in [-0.4, -0.2) is 46.1 Å². The summed E-state index contributed by atoms with van der Waals surface area (Å²) in [5.74, 6) is 0.400. The molecule has 6 nitrogen and oxygen atoms in total. The van der Waals surface area contributed by atoms with Gasteiger partial charge in [0.1, 0.15) is 5.69 Å². The molecule has 27 heavy (non-hydrogen) atoms. The quantitative estimate of drug-likeness (QED) is 0.811. The van der Waals surface area contributed by atoms with Crippen LogP contribution in [0.4, 0.5) is 5.95 Å². The predicted octanol–water partition coefficient (Wildman–Crippen LogP) is 3.43. The van der Waals surface area contributed by atoms with Gasteiger partial charge in [-0.25, -0.2) is 9.97 Å². The van der Waals surface area contributed by atoms with E-state index in [9.17, 15) is 4.79 Å². The van der Waals surface area contributed by atoms with Crippen molar-refractivity contribution >= 4 is 11.9 Å². The van der Waals surface area contributed by atoms with Crippen LogP contribution in [0.15, 0.2) is 36.4 Å². The van der Waals surface area contributed by atoms with Crippen LogP contribution in [0.1, 0.15) is 48.4 Å². The minimum Gasteiger partial charge on any atom is -0.376 e. The van der Waals surface area contributed by atoms with Gasteiger partial charge in [-0.2, -0.15) is 0 Å². The second kappa shape index (κ2) is 8.95. The molecule has 1 amide bonds. The maximum Gasteiger partial charge on any atom is 0.273 e. The Morgan fingerprint density at radius 3 is 2.74 bits per heavy atom. The van der Waals surface area contributed by atoms with Crippen LogP contribution >= 0.6 is 0 Å². The Morgan fingerprint density at radius 2 is 2.07 bits per heavy atom. The summed E-state index contributed by atoms with van der Waals surface area (Å²) in [5.41, 5.74) is 2.29. The summed E-state index contributed by atoms with van der Waals surface area (Å²) in [6, 6.07) is 11.8. The molecular weight excluding hydrogens is 340 g/mol. The Bertz CT molecular complexity index is 758. The lowest BCUT2D eigenvalue weighted by Crippen LogP contribution is -2.37. The lowest BCUT2D eigenvalue weighted by Gasteiger charge is -2.27. The molecule has 1 N–H and O–H groups in total. The summed E-state index contributed by atoms with van der Waals surface area (Å²) in [7, 11) is 0. The fourth-order valence-electron chi connectivity index (χ4n) is 3.18. The van der Waals surface area contributed by atoms with Gasteiger partial charge in [-0.15, -0.1) is 0 Å². The van der Waals surface area contributed by atoms with Gasteiger partial charge in [0.05, 0.1) is 6.10 Å². The van der Waals surface area contributed by atoms with Crippen LogP contribution in [-0.2, 0) is 11.3 Å². The van der Waals surface area contributed by atoms with Crippen LogP contribution < -0.4 is 5.32 Å². The molecule has 0 saturated carbocycles. The highest BCUT2D eigenvalue weighted by Gasteiger charge is 2.22. The van der Waals surface area contributed by atoms with E-state index in [-0.39, 0.29) is 18.1 Å². The number of ether oxygens (including phenoxy) is 1. The zero-order chi connectivity index (χ0) is 19.2. The van der Waals surface area contributed by atoms with Crippen molar-refractivity contribution in [3.8, 4) is 0 Å². The summed E-state index contributed by atoms with van der Waals surface area (Å²) in [6.07, 6.45) is 2.33.